The predicted octanol–water partition coefficient (Wildman–Crippen LogP) is 3.91. The van der Waals surface area contributed by atoms with Gasteiger partial charge in [0.1, 0.15) is 5.82 Å². The van der Waals surface area contributed by atoms with Gasteiger partial charge in [0, 0.05) is 23.9 Å². The van der Waals surface area contributed by atoms with Crippen molar-refractivity contribution in [1.82, 2.24) is 19.6 Å². The van der Waals surface area contributed by atoms with Gasteiger partial charge in [0.25, 0.3) is 5.56 Å². The van der Waals surface area contributed by atoms with Crippen LogP contribution >= 0.6 is 0 Å². The summed E-state index contributed by atoms with van der Waals surface area (Å²) in [5, 5.41) is 13.3. The van der Waals surface area contributed by atoms with Crippen molar-refractivity contribution >= 4 is 22.5 Å². The number of anilines is 1. The number of amides is 1. The molecule has 0 bridgehead atoms. The van der Waals surface area contributed by atoms with Gasteiger partial charge < -0.3 is 5.32 Å². The van der Waals surface area contributed by atoms with Gasteiger partial charge in [-0.25, -0.2) is 9.36 Å². The fraction of sp³-hybridized carbons (Fsp3) is 0.280. The largest absolute Gasteiger partial charge is 0.310 e. The van der Waals surface area contributed by atoms with Gasteiger partial charge in [-0.15, -0.1) is 0 Å². The lowest BCUT2D eigenvalue weighted by molar-refractivity contribution is -0.115. The van der Waals surface area contributed by atoms with Gasteiger partial charge in [-0.1, -0.05) is 51.1 Å². The van der Waals surface area contributed by atoms with Crippen molar-refractivity contribution < 1.29 is 4.79 Å². The maximum atomic E-state index is 13.1. The second-order valence-corrected chi connectivity index (χ2v) is 9.06. The van der Waals surface area contributed by atoms with Crippen LogP contribution in [0.25, 0.3) is 16.5 Å². The van der Waals surface area contributed by atoms with E-state index >= 15 is 0 Å². The first kappa shape index (κ1) is 21.5. The molecular weight excluding hydrogens is 402 g/mol. The Bertz CT molecular complexity index is 1380. The van der Waals surface area contributed by atoms with Crippen LogP contribution < -0.4 is 10.9 Å². The number of rotatable bonds is 4. The van der Waals surface area contributed by atoms with E-state index in [0.717, 1.165) is 16.9 Å². The monoisotopic (exact) mass is 429 g/mol. The van der Waals surface area contributed by atoms with E-state index in [1.807, 2.05) is 55.5 Å². The van der Waals surface area contributed by atoms with E-state index in [-0.39, 0.29) is 23.3 Å². The first-order valence-electron chi connectivity index (χ1n) is 10.6. The Kier molecular flexibility index (Phi) is 5.42. The molecule has 0 aliphatic heterocycles. The highest BCUT2D eigenvalue weighted by Gasteiger charge is 2.22. The van der Waals surface area contributed by atoms with E-state index < -0.39 is 0 Å². The van der Waals surface area contributed by atoms with E-state index in [9.17, 15) is 9.59 Å². The van der Waals surface area contributed by atoms with Gasteiger partial charge in [0.05, 0.1) is 28.9 Å². The summed E-state index contributed by atoms with van der Waals surface area (Å²) >= 11 is 0. The molecule has 2 aromatic carbocycles. The molecule has 1 N–H and O–H groups in total. The molecule has 0 saturated heterocycles. The number of benzene rings is 2. The fourth-order valence-corrected chi connectivity index (χ4v) is 3.64. The third kappa shape index (κ3) is 4.19. The minimum atomic E-state index is -0.226. The van der Waals surface area contributed by atoms with Crippen LogP contribution in [-0.4, -0.2) is 25.5 Å². The predicted molar refractivity (Wildman–Crippen MR) is 126 cm³/mol. The van der Waals surface area contributed by atoms with Gasteiger partial charge in [0.15, 0.2) is 0 Å². The van der Waals surface area contributed by atoms with Crippen molar-refractivity contribution in [1.29, 1.82) is 0 Å². The lowest BCUT2D eigenvalue weighted by Gasteiger charge is -2.14. The molecule has 0 aliphatic carbocycles. The van der Waals surface area contributed by atoms with Crippen LogP contribution in [0.2, 0.25) is 0 Å². The van der Waals surface area contributed by atoms with Crippen molar-refractivity contribution in [3.05, 3.63) is 81.9 Å². The molecule has 0 radical (unpaired) electrons. The second kappa shape index (κ2) is 8.07. The van der Waals surface area contributed by atoms with Gasteiger partial charge in [0.2, 0.25) is 5.91 Å². The van der Waals surface area contributed by atoms with Crippen molar-refractivity contribution in [2.45, 2.75) is 39.5 Å². The number of hydrogen-bond acceptors (Lipinski definition) is 4. The zero-order chi connectivity index (χ0) is 23.0. The highest BCUT2D eigenvalue weighted by molar-refractivity contribution is 5.95. The molecule has 0 fully saturated rings. The molecule has 7 heteroatoms. The van der Waals surface area contributed by atoms with E-state index in [1.165, 1.54) is 4.68 Å². The Hall–Kier alpha value is -3.74. The van der Waals surface area contributed by atoms with Gasteiger partial charge in [-0.05, 0) is 30.7 Å². The first-order valence-corrected chi connectivity index (χ1v) is 10.6. The van der Waals surface area contributed by atoms with Crippen LogP contribution in [0.1, 0.15) is 37.7 Å². The lowest BCUT2D eigenvalue weighted by Crippen LogP contribution is -2.24. The molecule has 2 aromatic heterocycles. The number of carbonyl (C=O) groups is 1. The highest BCUT2D eigenvalue weighted by Crippen LogP contribution is 2.27. The number of aromatic nitrogens is 4. The molecule has 32 heavy (non-hydrogen) atoms. The molecule has 0 atom stereocenters. The summed E-state index contributed by atoms with van der Waals surface area (Å²) in [6.07, 6.45) is 0.0402. The van der Waals surface area contributed by atoms with Crippen LogP contribution in [0.5, 0.6) is 0 Å². The molecule has 0 aliphatic rings. The molecular formula is C25H27N5O2. The van der Waals surface area contributed by atoms with Crippen LogP contribution in [0, 0.1) is 6.92 Å². The van der Waals surface area contributed by atoms with Crippen molar-refractivity contribution in [2.75, 3.05) is 5.32 Å². The van der Waals surface area contributed by atoms with Crippen molar-refractivity contribution in [2.24, 2.45) is 7.05 Å². The minimum absolute atomic E-state index is 0.0402. The maximum Gasteiger partial charge on any atom is 0.274 e. The van der Waals surface area contributed by atoms with Crippen molar-refractivity contribution in [3.8, 4) is 5.69 Å². The molecule has 2 heterocycles. The lowest BCUT2D eigenvalue weighted by atomic mass is 9.92. The molecule has 4 rings (SSSR count). The SMILES string of the molecule is Cc1cccc(-n2nc(C(C)(C)C)cc2NC(=O)Cc2nn(C)c(=O)c3ccccc23)c1. The Balaban J connectivity index is 1.70. The number of aryl methyl sites for hydroxylation is 2. The number of nitrogens with one attached hydrogen (secondary N) is 1. The molecule has 0 saturated carbocycles. The van der Waals surface area contributed by atoms with E-state index in [0.29, 0.717) is 22.3 Å². The van der Waals surface area contributed by atoms with Gasteiger partial charge in [-0.3, -0.25) is 9.59 Å². The zero-order valence-corrected chi connectivity index (χ0v) is 19.0. The summed E-state index contributed by atoms with van der Waals surface area (Å²) in [5.41, 5.74) is 3.05. The molecule has 4 aromatic rings. The fourth-order valence-electron chi connectivity index (χ4n) is 3.64. The number of nitrogens with zero attached hydrogens (tertiary/aromatic N) is 4. The summed E-state index contributed by atoms with van der Waals surface area (Å²) in [4.78, 5) is 25.4. The van der Waals surface area contributed by atoms with Crippen molar-refractivity contribution in [3.63, 3.8) is 0 Å². The number of hydrogen-bond donors (Lipinski definition) is 1. The quantitative estimate of drug-likeness (QED) is 0.533. The van der Waals surface area contributed by atoms with Crippen LogP contribution in [0.3, 0.4) is 0 Å². The third-order valence-corrected chi connectivity index (χ3v) is 5.35. The Morgan fingerprint density at radius 2 is 1.72 bits per heavy atom. The standard InChI is InChI=1S/C25H27N5O2/c1-16-9-8-10-17(13-16)30-22(15-21(28-30)25(2,3)4)26-23(31)14-20-18-11-6-7-12-19(18)24(32)29(5)27-20/h6-13,15H,14H2,1-5H3,(H,26,31). The average Bonchev–Trinajstić information content (AvgIpc) is 3.16. The van der Waals surface area contributed by atoms with Crippen LogP contribution in [0.4, 0.5) is 5.82 Å². The number of fused-ring (bicyclic) bond motifs is 1. The minimum Gasteiger partial charge on any atom is -0.310 e. The highest BCUT2D eigenvalue weighted by atomic mass is 16.2. The van der Waals surface area contributed by atoms with E-state index in [2.05, 4.69) is 31.2 Å². The van der Waals surface area contributed by atoms with Crippen LogP contribution in [0.15, 0.2) is 59.4 Å². The average molecular weight is 430 g/mol. The Labute approximate surface area is 186 Å². The topological polar surface area (TPSA) is 81.8 Å². The molecule has 0 spiro atoms. The van der Waals surface area contributed by atoms with E-state index in [1.54, 1.807) is 17.8 Å². The zero-order valence-electron chi connectivity index (χ0n) is 19.0. The molecule has 0 unspecified atom stereocenters. The summed E-state index contributed by atoms with van der Waals surface area (Å²) < 4.78 is 3.04. The second-order valence-electron chi connectivity index (χ2n) is 9.06. The molecule has 164 valence electrons. The summed E-state index contributed by atoms with van der Waals surface area (Å²) in [6.45, 7) is 8.28. The number of carbonyl (C=O) groups excluding carboxylic acids is 1. The summed E-state index contributed by atoms with van der Waals surface area (Å²) in [7, 11) is 1.60. The smallest absolute Gasteiger partial charge is 0.274 e. The summed E-state index contributed by atoms with van der Waals surface area (Å²) in [5.74, 6) is 0.371. The Morgan fingerprint density at radius 3 is 2.41 bits per heavy atom. The summed E-state index contributed by atoms with van der Waals surface area (Å²) in [6, 6.07) is 17.1. The van der Waals surface area contributed by atoms with E-state index in [4.69, 9.17) is 5.10 Å². The van der Waals surface area contributed by atoms with Gasteiger partial charge in [-0.2, -0.15) is 10.2 Å². The molecule has 7 nitrogen and oxygen atoms in total. The maximum absolute atomic E-state index is 13.1. The third-order valence-electron chi connectivity index (χ3n) is 5.35. The van der Waals surface area contributed by atoms with Gasteiger partial charge >= 0.3 is 0 Å². The molecule has 1 amide bonds. The normalized spacial score (nSPS) is 11.7. The Morgan fingerprint density at radius 1 is 1.00 bits per heavy atom. The van der Waals surface area contributed by atoms with Crippen LogP contribution in [-0.2, 0) is 23.7 Å². The first-order chi connectivity index (χ1) is 15.1.